The van der Waals surface area contributed by atoms with Crippen molar-refractivity contribution in [3.8, 4) is 11.6 Å². The van der Waals surface area contributed by atoms with Crippen LogP contribution in [0.4, 0.5) is 18.0 Å². The lowest BCUT2D eigenvalue weighted by atomic mass is 9.85. The van der Waals surface area contributed by atoms with Crippen LogP contribution < -0.4 is 14.8 Å². The summed E-state index contributed by atoms with van der Waals surface area (Å²) in [6, 6.07) is 2.63. The van der Waals surface area contributed by atoms with Gasteiger partial charge in [0.15, 0.2) is 12.4 Å². The van der Waals surface area contributed by atoms with Gasteiger partial charge < -0.3 is 24.4 Å². The number of ether oxygens (including phenoxy) is 3. The van der Waals surface area contributed by atoms with Crippen molar-refractivity contribution in [2.45, 2.75) is 116 Å². The normalized spacial score (nSPS) is 28.0. The largest absolute Gasteiger partial charge is 0.484 e. The number of aromatic nitrogens is 2. The van der Waals surface area contributed by atoms with E-state index in [0.29, 0.717) is 23.1 Å². The number of hydrogen-bond donors (Lipinski definition) is 1. The molecule has 1 N–H and O–H groups in total. The molecule has 6 atom stereocenters. The SMILES string of the molecule is CC(=O)[C@@H]1[C@H](C)[C@@H]2CN1C(=O)[C@H](C(C)(C)C)NC(=O)O[C@@H]1CCC[C@H]1CCCCCc1nc3ccc(OCC(F)(F)F)cc3nc1O2. The molecule has 13 heteroatoms. The molecule has 1 saturated carbocycles. The Morgan fingerprint density at radius 3 is 2.45 bits per heavy atom. The van der Waals surface area contributed by atoms with Gasteiger partial charge in [-0.1, -0.05) is 40.5 Å². The molecule has 3 heterocycles. The lowest BCUT2D eigenvalue weighted by Crippen LogP contribution is -2.57. The van der Waals surface area contributed by atoms with Crippen molar-refractivity contribution in [3.05, 3.63) is 23.9 Å². The molecule has 2 aliphatic heterocycles. The van der Waals surface area contributed by atoms with E-state index in [1.165, 1.54) is 24.0 Å². The summed E-state index contributed by atoms with van der Waals surface area (Å²) >= 11 is 0. The van der Waals surface area contributed by atoms with Crippen LogP contribution in [0.1, 0.15) is 85.3 Å². The van der Waals surface area contributed by atoms with Crippen LogP contribution in [-0.4, -0.2) is 76.3 Å². The summed E-state index contributed by atoms with van der Waals surface area (Å²) in [6.07, 6.45) is 0.791. The number of aryl methyl sites for hydroxylation is 1. The second-order valence-electron chi connectivity index (χ2n) is 14.3. The van der Waals surface area contributed by atoms with E-state index in [1.54, 1.807) is 6.07 Å². The van der Waals surface area contributed by atoms with Gasteiger partial charge in [0.2, 0.25) is 11.8 Å². The number of hydrogen-bond acceptors (Lipinski definition) is 8. The number of amides is 2. The van der Waals surface area contributed by atoms with Gasteiger partial charge in [0.25, 0.3) is 0 Å². The van der Waals surface area contributed by atoms with Crippen LogP contribution in [0.2, 0.25) is 0 Å². The number of carbonyl (C=O) groups is 3. The van der Waals surface area contributed by atoms with Gasteiger partial charge in [0, 0.05) is 12.0 Å². The minimum absolute atomic E-state index is 0.00335. The van der Waals surface area contributed by atoms with E-state index < -0.39 is 54.3 Å². The molecular formula is C34H45F3N4O6. The predicted octanol–water partition coefficient (Wildman–Crippen LogP) is 6.18. The van der Waals surface area contributed by atoms with E-state index in [9.17, 15) is 27.6 Å². The second kappa shape index (κ2) is 13.8. The number of halogens is 3. The standard InChI is InChI=1S/C34H45F3N4O6/c1-19-27-17-41(28(19)20(2)42)31(43)29(33(3,4)5)40-32(44)47-26-13-9-11-21(26)10-7-6-8-12-24-30(46-27)39-25-16-22(14-15-23(25)38-24)45-18-34(35,36)37/h14-16,19,21,26-29H,6-13,17-18H2,1-5H3,(H,40,44)/t19-,21-,26-,27+,28+,29-/m1/s1. The lowest BCUT2D eigenvalue weighted by molar-refractivity contribution is -0.153. The predicted molar refractivity (Wildman–Crippen MR) is 167 cm³/mol. The smallest absolute Gasteiger partial charge is 0.422 e. The van der Waals surface area contributed by atoms with E-state index in [0.717, 1.165) is 44.9 Å². The third kappa shape index (κ3) is 8.27. The summed E-state index contributed by atoms with van der Waals surface area (Å²) in [7, 11) is 0. The van der Waals surface area contributed by atoms with Crippen LogP contribution >= 0.6 is 0 Å². The average Bonchev–Trinajstić information content (AvgIpc) is 3.56. The Kier molecular flexibility index (Phi) is 10.2. The van der Waals surface area contributed by atoms with Crippen molar-refractivity contribution in [2.75, 3.05) is 13.2 Å². The molecule has 3 aliphatic rings. The number of alkyl halides is 3. The fraction of sp³-hybridized carbons (Fsp3) is 0.676. The number of nitrogens with one attached hydrogen (secondary N) is 1. The van der Waals surface area contributed by atoms with Crippen LogP contribution in [0, 0.1) is 17.3 Å². The molecule has 5 rings (SSSR count). The van der Waals surface area contributed by atoms with Crippen molar-refractivity contribution in [1.29, 1.82) is 0 Å². The van der Waals surface area contributed by atoms with E-state index in [4.69, 9.17) is 24.2 Å². The molecule has 0 spiro atoms. The first kappa shape index (κ1) is 34.7. The maximum atomic E-state index is 14.2. The van der Waals surface area contributed by atoms with Gasteiger partial charge in [0.1, 0.15) is 29.7 Å². The molecule has 1 aliphatic carbocycles. The van der Waals surface area contributed by atoms with Gasteiger partial charge in [-0.25, -0.2) is 14.8 Å². The first-order valence-electron chi connectivity index (χ1n) is 16.6. The summed E-state index contributed by atoms with van der Waals surface area (Å²) in [4.78, 5) is 51.4. The number of benzene rings is 1. The Labute approximate surface area is 273 Å². The van der Waals surface area contributed by atoms with Gasteiger partial charge in [-0.05, 0) is 68.9 Å². The van der Waals surface area contributed by atoms with E-state index in [1.807, 2.05) is 27.7 Å². The number of fused-ring (bicyclic) bond motifs is 5. The minimum atomic E-state index is -4.49. The molecule has 2 aromatic rings. The number of ketones is 1. The third-order valence-electron chi connectivity index (χ3n) is 9.54. The zero-order chi connectivity index (χ0) is 34.1. The highest BCUT2D eigenvalue weighted by atomic mass is 19.4. The number of Topliss-reactive ketones (excluding diaryl/α,β-unsaturated/α-hetero) is 1. The molecule has 10 nitrogen and oxygen atoms in total. The van der Waals surface area contributed by atoms with Gasteiger partial charge in [-0.2, -0.15) is 13.2 Å². The van der Waals surface area contributed by atoms with Crippen molar-refractivity contribution in [1.82, 2.24) is 20.2 Å². The molecule has 47 heavy (non-hydrogen) atoms. The molecule has 258 valence electrons. The molecular weight excluding hydrogens is 617 g/mol. The Morgan fingerprint density at radius 2 is 1.74 bits per heavy atom. The Balaban J connectivity index is 1.51. The minimum Gasteiger partial charge on any atom is -0.484 e. The number of carbonyl (C=O) groups excluding carboxylic acids is 3. The lowest BCUT2D eigenvalue weighted by Gasteiger charge is -2.35. The van der Waals surface area contributed by atoms with Gasteiger partial charge >= 0.3 is 12.3 Å². The van der Waals surface area contributed by atoms with Crippen LogP contribution in [0.25, 0.3) is 11.0 Å². The van der Waals surface area contributed by atoms with Gasteiger partial charge in [-0.3, -0.25) is 9.59 Å². The maximum absolute atomic E-state index is 14.2. The highest BCUT2D eigenvalue weighted by molar-refractivity contribution is 5.92. The monoisotopic (exact) mass is 662 g/mol. The van der Waals surface area contributed by atoms with E-state index in [2.05, 4.69) is 5.32 Å². The van der Waals surface area contributed by atoms with Crippen molar-refractivity contribution >= 4 is 28.8 Å². The Bertz CT molecular complexity index is 1480. The summed E-state index contributed by atoms with van der Waals surface area (Å²) in [5.74, 6) is -0.617. The van der Waals surface area contributed by atoms with Crippen molar-refractivity contribution in [2.24, 2.45) is 17.3 Å². The molecule has 2 bridgehead atoms. The first-order valence-corrected chi connectivity index (χ1v) is 16.6. The van der Waals surface area contributed by atoms with Crippen molar-refractivity contribution < 1.29 is 41.8 Å². The fourth-order valence-corrected chi connectivity index (χ4v) is 7.10. The maximum Gasteiger partial charge on any atom is 0.422 e. The highest BCUT2D eigenvalue weighted by Crippen LogP contribution is 2.36. The summed E-state index contributed by atoms with van der Waals surface area (Å²) < 4.78 is 55.7. The zero-order valence-corrected chi connectivity index (χ0v) is 27.7. The van der Waals surface area contributed by atoms with E-state index in [-0.39, 0.29) is 36.0 Å². The van der Waals surface area contributed by atoms with Crippen LogP contribution in [0.5, 0.6) is 11.6 Å². The quantitative estimate of drug-likeness (QED) is 0.414. The number of nitrogens with zero attached hydrogens (tertiary/aromatic N) is 3. The summed E-state index contributed by atoms with van der Waals surface area (Å²) in [5, 5.41) is 2.83. The highest BCUT2D eigenvalue weighted by Gasteiger charge is 2.49. The molecule has 1 aromatic heterocycles. The molecule has 2 amide bonds. The van der Waals surface area contributed by atoms with Crippen molar-refractivity contribution in [3.63, 3.8) is 0 Å². The number of rotatable bonds is 3. The van der Waals surface area contributed by atoms with E-state index >= 15 is 0 Å². The van der Waals surface area contributed by atoms with Crippen LogP contribution in [-0.2, 0) is 20.7 Å². The fourth-order valence-electron chi connectivity index (χ4n) is 7.10. The second-order valence-corrected chi connectivity index (χ2v) is 14.3. The topological polar surface area (TPSA) is 120 Å². The molecule has 0 unspecified atom stereocenters. The zero-order valence-electron chi connectivity index (χ0n) is 27.7. The van der Waals surface area contributed by atoms with Gasteiger partial charge in [-0.15, -0.1) is 0 Å². The van der Waals surface area contributed by atoms with Crippen LogP contribution in [0.15, 0.2) is 18.2 Å². The summed E-state index contributed by atoms with van der Waals surface area (Å²) in [5.41, 5.74) is 0.690. The average molecular weight is 663 g/mol. The number of alkyl carbamates (subject to hydrolysis) is 1. The Hall–Kier alpha value is -3.64. The third-order valence-corrected chi connectivity index (χ3v) is 9.54. The van der Waals surface area contributed by atoms with Gasteiger partial charge in [0.05, 0.1) is 23.6 Å². The van der Waals surface area contributed by atoms with Crippen LogP contribution in [0.3, 0.4) is 0 Å². The first-order chi connectivity index (χ1) is 22.1. The molecule has 2 fully saturated rings. The Morgan fingerprint density at radius 1 is 1.00 bits per heavy atom. The molecule has 0 radical (unpaired) electrons. The summed E-state index contributed by atoms with van der Waals surface area (Å²) in [6.45, 7) is 7.42. The molecule has 1 saturated heterocycles. The molecule has 1 aromatic carbocycles.